The fraction of sp³-hybridized carbons (Fsp3) is 0.111. The fourth-order valence-corrected chi connectivity index (χ4v) is 3.98. The Bertz CT molecular complexity index is 1470. The molecule has 5 aromatic rings. The zero-order valence-electron chi connectivity index (χ0n) is 18.7. The second kappa shape index (κ2) is 9.72. The molecule has 0 saturated carbocycles. The molecule has 2 heterocycles. The van der Waals surface area contributed by atoms with Gasteiger partial charge < -0.3 is 5.32 Å². The molecule has 0 fully saturated rings. The minimum absolute atomic E-state index is 0.107. The van der Waals surface area contributed by atoms with Crippen LogP contribution in [0.25, 0.3) is 16.7 Å². The summed E-state index contributed by atoms with van der Waals surface area (Å²) in [4.78, 5) is 30.2. The van der Waals surface area contributed by atoms with Gasteiger partial charge in [-0.2, -0.15) is 5.10 Å². The summed E-state index contributed by atoms with van der Waals surface area (Å²) in [6, 6.07) is 25.0. The summed E-state index contributed by atoms with van der Waals surface area (Å²) in [7, 11) is 0. The predicted octanol–water partition coefficient (Wildman–Crippen LogP) is 4.02. The minimum atomic E-state index is -0.361. The van der Waals surface area contributed by atoms with Gasteiger partial charge in [0.1, 0.15) is 11.2 Å². The molecule has 0 atom stereocenters. The molecule has 0 radical (unpaired) electrons. The number of hydrogen-bond acceptors (Lipinski definition) is 4. The van der Waals surface area contributed by atoms with Gasteiger partial charge in [0.2, 0.25) is 5.91 Å². The van der Waals surface area contributed by atoms with Gasteiger partial charge in [-0.3, -0.25) is 14.2 Å². The molecule has 0 aliphatic heterocycles. The first-order valence-electron chi connectivity index (χ1n) is 11.2. The van der Waals surface area contributed by atoms with Crippen molar-refractivity contribution in [3.8, 4) is 5.69 Å². The van der Waals surface area contributed by atoms with E-state index in [4.69, 9.17) is 0 Å². The first kappa shape index (κ1) is 22.2. The maximum absolute atomic E-state index is 13.3. The molecule has 0 aliphatic rings. The lowest BCUT2D eigenvalue weighted by Gasteiger charge is -2.20. The lowest BCUT2D eigenvalue weighted by atomic mass is 9.98. The summed E-state index contributed by atoms with van der Waals surface area (Å²) in [6.07, 6.45) is 2.95. The molecular weight excluding hydrogens is 445 g/mol. The minimum Gasteiger partial charge on any atom is -0.345 e. The van der Waals surface area contributed by atoms with E-state index in [0.717, 1.165) is 11.1 Å². The number of carbonyl (C=O) groups is 1. The molecule has 5 rings (SSSR count). The molecule has 174 valence electrons. The Morgan fingerprint density at radius 3 is 2.17 bits per heavy atom. The van der Waals surface area contributed by atoms with Crippen molar-refractivity contribution in [2.45, 2.75) is 19.0 Å². The van der Waals surface area contributed by atoms with Gasteiger partial charge in [-0.25, -0.2) is 14.1 Å². The zero-order chi connectivity index (χ0) is 24.2. The second-order valence-electron chi connectivity index (χ2n) is 8.09. The fourth-order valence-electron chi connectivity index (χ4n) is 3.98. The number of carbonyl (C=O) groups excluding carboxylic acids is 1. The summed E-state index contributed by atoms with van der Waals surface area (Å²) in [5.74, 6) is -0.544. The van der Waals surface area contributed by atoms with Crippen LogP contribution in [0.4, 0.5) is 4.39 Å². The number of aryl methyl sites for hydroxylation is 1. The third kappa shape index (κ3) is 4.72. The van der Waals surface area contributed by atoms with Gasteiger partial charge in [0.05, 0.1) is 24.3 Å². The van der Waals surface area contributed by atoms with E-state index in [1.165, 1.54) is 33.9 Å². The van der Waals surface area contributed by atoms with Crippen molar-refractivity contribution in [2.75, 3.05) is 0 Å². The first-order valence-corrected chi connectivity index (χ1v) is 11.2. The molecule has 0 unspecified atom stereocenters. The van der Waals surface area contributed by atoms with Crippen molar-refractivity contribution in [3.63, 3.8) is 0 Å². The lowest BCUT2D eigenvalue weighted by molar-refractivity contribution is -0.121. The predicted molar refractivity (Wildman–Crippen MR) is 131 cm³/mol. The Balaban J connectivity index is 1.33. The van der Waals surface area contributed by atoms with Crippen LogP contribution in [0, 0.1) is 5.82 Å². The van der Waals surface area contributed by atoms with Gasteiger partial charge in [-0.1, -0.05) is 60.7 Å². The smallest absolute Gasteiger partial charge is 0.264 e. The first-order chi connectivity index (χ1) is 17.1. The van der Waals surface area contributed by atoms with Crippen molar-refractivity contribution < 1.29 is 9.18 Å². The van der Waals surface area contributed by atoms with E-state index >= 15 is 0 Å². The number of nitrogens with one attached hydrogen (secondary N) is 1. The van der Waals surface area contributed by atoms with Crippen LogP contribution in [0.2, 0.25) is 0 Å². The molecule has 0 spiro atoms. The molecule has 8 heteroatoms. The number of halogens is 1. The average Bonchev–Trinajstić information content (AvgIpc) is 3.33. The topological polar surface area (TPSA) is 81.8 Å². The van der Waals surface area contributed by atoms with E-state index < -0.39 is 0 Å². The van der Waals surface area contributed by atoms with Crippen LogP contribution in [0.1, 0.15) is 23.6 Å². The Kier molecular flexibility index (Phi) is 6.17. The van der Waals surface area contributed by atoms with Gasteiger partial charge in [0.15, 0.2) is 5.65 Å². The highest BCUT2D eigenvalue weighted by Crippen LogP contribution is 2.22. The molecule has 3 aromatic carbocycles. The Labute approximate surface area is 200 Å². The van der Waals surface area contributed by atoms with Crippen LogP contribution in [0.15, 0.2) is 102 Å². The van der Waals surface area contributed by atoms with Crippen LogP contribution >= 0.6 is 0 Å². The van der Waals surface area contributed by atoms with E-state index in [-0.39, 0.29) is 36.3 Å². The van der Waals surface area contributed by atoms with Gasteiger partial charge in [-0.15, -0.1) is 0 Å². The summed E-state index contributed by atoms with van der Waals surface area (Å²) < 4.78 is 16.1. The SMILES string of the molecule is O=C(CCn1cnc2c(cnn2-c2ccc(F)cc2)c1=O)NC(c1ccccc1)c1ccccc1. The van der Waals surface area contributed by atoms with E-state index in [2.05, 4.69) is 15.4 Å². The number of rotatable bonds is 7. The number of aromatic nitrogens is 4. The lowest BCUT2D eigenvalue weighted by Crippen LogP contribution is -2.31. The third-order valence-electron chi connectivity index (χ3n) is 5.78. The highest BCUT2D eigenvalue weighted by molar-refractivity contribution is 5.77. The number of benzene rings is 3. The van der Waals surface area contributed by atoms with Crippen molar-refractivity contribution in [2.24, 2.45) is 0 Å². The number of nitrogens with zero attached hydrogens (tertiary/aromatic N) is 4. The van der Waals surface area contributed by atoms with Gasteiger partial charge in [-0.05, 0) is 35.4 Å². The van der Waals surface area contributed by atoms with E-state index in [1.807, 2.05) is 60.7 Å². The molecule has 2 aromatic heterocycles. The summed E-state index contributed by atoms with van der Waals surface area (Å²) in [5, 5.41) is 7.65. The van der Waals surface area contributed by atoms with Gasteiger partial charge in [0.25, 0.3) is 5.56 Å². The van der Waals surface area contributed by atoms with Crippen molar-refractivity contribution in [3.05, 3.63) is 125 Å². The number of amides is 1. The van der Waals surface area contributed by atoms with Crippen LogP contribution in [-0.2, 0) is 11.3 Å². The van der Waals surface area contributed by atoms with Gasteiger partial charge in [0, 0.05) is 13.0 Å². The van der Waals surface area contributed by atoms with Crippen LogP contribution in [-0.4, -0.2) is 25.2 Å². The summed E-state index contributed by atoms with van der Waals surface area (Å²) in [6.45, 7) is 0.172. The highest BCUT2D eigenvalue weighted by Gasteiger charge is 2.17. The highest BCUT2D eigenvalue weighted by atomic mass is 19.1. The van der Waals surface area contributed by atoms with Crippen LogP contribution in [0.5, 0.6) is 0 Å². The zero-order valence-corrected chi connectivity index (χ0v) is 18.7. The maximum atomic E-state index is 13.3. The number of fused-ring (bicyclic) bond motifs is 1. The molecule has 1 N–H and O–H groups in total. The quantitative estimate of drug-likeness (QED) is 0.392. The average molecular weight is 468 g/mol. The monoisotopic (exact) mass is 467 g/mol. The molecule has 1 amide bonds. The molecular formula is C27H22FN5O2. The molecule has 0 bridgehead atoms. The second-order valence-corrected chi connectivity index (χ2v) is 8.09. The number of hydrogen-bond donors (Lipinski definition) is 1. The standard InChI is InChI=1S/C27H22FN5O2/c28-21-11-13-22(14-12-21)33-26-23(17-30-33)27(35)32(18-29-26)16-15-24(34)31-25(19-7-3-1-4-8-19)20-9-5-2-6-10-20/h1-14,17-18,25H,15-16H2,(H,31,34). The van der Waals surface area contributed by atoms with Crippen molar-refractivity contribution in [1.29, 1.82) is 0 Å². The Morgan fingerprint density at radius 1 is 0.914 bits per heavy atom. The van der Waals surface area contributed by atoms with Crippen molar-refractivity contribution in [1.82, 2.24) is 24.6 Å². The summed E-state index contributed by atoms with van der Waals surface area (Å²) in [5.41, 5.74) is 2.62. The van der Waals surface area contributed by atoms with E-state index in [9.17, 15) is 14.0 Å². The van der Waals surface area contributed by atoms with Crippen LogP contribution in [0.3, 0.4) is 0 Å². The molecule has 7 nitrogen and oxygen atoms in total. The summed E-state index contributed by atoms with van der Waals surface area (Å²) >= 11 is 0. The Hall–Kier alpha value is -4.59. The van der Waals surface area contributed by atoms with Gasteiger partial charge >= 0.3 is 0 Å². The van der Waals surface area contributed by atoms with Crippen LogP contribution < -0.4 is 10.9 Å². The Morgan fingerprint density at radius 2 is 1.54 bits per heavy atom. The molecule has 0 aliphatic carbocycles. The van der Waals surface area contributed by atoms with Crippen molar-refractivity contribution >= 4 is 16.9 Å². The molecule has 0 saturated heterocycles. The molecule has 35 heavy (non-hydrogen) atoms. The maximum Gasteiger partial charge on any atom is 0.264 e. The van der Waals surface area contributed by atoms with E-state index in [1.54, 1.807) is 12.1 Å². The third-order valence-corrected chi connectivity index (χ3v) is 5.78. The van der Waals surface area contributed by atoms with E-state index in [0.29, 0.717) is 16.7 Å². The normalized spacial score (nSPS) is 11.1. The largest absolute Gasteiger partial charge is 0.345 e.